The highest BCUT2D eigenvalue weighted by molar-refractivity contribution is 5.95. The summed E-state index contributed by atoms with van der Waals surface area (Å²) in [5.41, 5.74) is 8.68. The molecule has 0 saturated heterocycles. The van der Waals surface area contributed by atoms with Crippen LogP contribution in [0.15, 0.2) is 48.7 Å². The van der Waals surface area contributed by atoms with Gasteiger partial charge in [0, 0.05) is 23.9 Å². The van der Waals surface area contributed by atoms with Crippen LogP contribution in [-0.2, 0) is 0 Å². The molecule has 2 aromatic rings. The molecule has 0 spiro atoms. The number of carbonyl (C=O) groups is 1. The minimum Gasteiger partial charge on any atom is -0.492 e. The SMILES string of the molecule is COc1c(N)ccnc1-c1ccc(C(=O)N2CC=CC2C(C)C)cc1. The Labute approximate surface area is 148 Å². The topological polar surface area (TPSA) is 68.5 Å². The van der Waals surface area contributed by atoms with Gasteiger partial charge in [-0.1, -0.05) is 38.1 Å². The Morgan fingerprint density at radius 3 is 2.64 bits per heavy atom. The first-order valence-electron chi connectivity index (χ1n) is 8.39. The number of pyridine rings is 1. The Morgan fingerprint density at radius 1 is 1.28 bits per heavy atom. The van der Waals surface area contributed by atoms with Crippen LogP contribution in [0.4, 0.5) is 5.69 Å². The molecule has 25 heavy (non-hydrogen) atoms. The molecule has 0 fully saturated rings. The van der Waals surface area contributed by atoms with Gasteiger partial charge in [-0.3, -0.25) is 9.78 Å². The number of ether oxygens (including phenoxy) is 1. The first-order chi connectivity index (χ1) is 12.0. The van der Waals surface area contributed by atoms with E-state index in [2.05, 4.69) is 31.0 Å². The molecule has 3 rings (SSSR count). The third kappa shape index (κ3) is 3.22. The van der Waals surface area contributed by atoms with Crippen molar-refractivity contribution in [1.82, 2.24) is 9.88 Å². The standard InChI is InChI=1S/C20H23N3O2/c1-13(2)17-5-4-12-23(17)20(24)15-8-6-14(7-9-15)18-19(25-3)16(21)10-11-22-18/h4-11,13,17H,12H2,1-3H3,(H2,21,22). The van der Waals surface area contributed by atoms with E-state index in [4.69, 9.17) is 10.5 Å². The number of hydrogen-bond donors (Lipinski definition) is 1. The maximum Gasteiger partial charge on any atom is 0.254 e. The minimum absolute atomic E-state index is 0.0442. The first-order valence-corrected chi connectivity index (χ1v) is 8.39. The molecule has 0 bridgehead atoms. The fraction of sp³-hybridized carbons (Fsp3) is 0.300. The van der Waals surface area contributed by atoms with E-state index in [0.29, 0.717) is 35.2 Å². The van der Waals surface area contributed by atoms with Gasteiger partial charge in [0.25, 0.3) is 5.91 Å². The molecule has 0 radical (unpaired) electrons. The van der Waals surface area contributed by atoms with Crippen molar-refractivity contribution in [3.05, 3.63) is 54.2 Å². The van der Waals surface area contributed by atoms with Crippen molar-refractivity contribution >= 4 is 11.6 Å². The maximum absolute atomic E-state index is 12.8. The molecule has 130 valence electrons. The Balaban J connectivity index is 1.86. The van der Waals surface area contributed by atoms with Crippen LogP contribution >= 0.6 is 0 Å². The van der Waals surface area contributed by atoms with Crippen molar-refractivity contribution in [3.63, 3.8) is 0 Å². The summed E-state index contributed by atoms with van der Waals surface area (Å²) in [6, 6.07) is 9.28. The van der Waals surface area contributed by atoms with Crippen molar-refractivity contribution < 1.29 is 9.53 Å². The average Bonchev–Trinajstić information content (AvgIpc) is 3.11. The van der Waals surface area contributed by atoms with Crippen LogP contribution in [0.25, 0.3) is 11.3 Å². The van der Waals surface area contributed by atoms with Crippen LogP contribution in [0.2, 0.25) is 0 Å². The fourth-order valence-corrected chi connectivity index (χ4v) is 3.16. The quantitative estimate of drug-likeness (QED) is 0.869. The zero-order valence-corrected chi connectivity index (χ0v) is 14.8. The fourth-order valence-electron chi connectivity index (χ4n) is 3.16. The van der Waals surface area contributed by atoms with E-state index < -0.39 is 0 Å². The smallest absolute Gasteiger partial charge is 0.254 e. The molecule has 1 aliphatic heterocycles. The van der Waals surface area contributed by atoms with Gasteiger partial charge in [-0.05, 0) is 24.1 Å². The second-order valence-corrected chi connectivity index (χ2v) is 6.48. The van der Waals surface area contributed by atoms with E-state index in [1.807, 2.05) is 29.2 Å². The van der Waals surface area contributed by atoms with E-state index in [0.717, 1.165) is 5.56 Å². The Morgan fingerprint density at radius 2 is 2.00 bits per heavy atom. The second kappa shape index (κ2) is 6.97. The Kier molecular flexibility index (Phi) is 4.74. The van der Waals surface area contributed by atoms with Gasteiger partial charge in [-0.2, -0.15) is 0 Å². The summed E-state index contributed by atoms with van der Waals surface area (Å²) in [7, 11) is 1.57. The number of hydrogen-bond acceptors (Lipinski definition) is 4. The summed E-state index contributed by atoms with van der Waals surface area (Å²) in [4.78, 5) is 19.1. The molecule has 1 unspecified atom stereocenters. The normalized spacial score (nSPS) is 16.5. The van der Waals surface area contributed by atoms with Gasteiger partial charge in [-0.15, -0.1) is 0 Å². The number of benzene rings is 1. The highest BCUT2D eigenvalue weighted by Gasteiger charge is 2.27. The lowest BCUT2D eigenvalue weighted by atomic mass is 10.0. The maximum atomic E-state index is 12.8. The molecule has 2 N–H and O–H groups in total. The lowest BCUT2D eigenvalue weighted by Crippen LogP contribution is -2.38. The predicted octanol–water partition coefficient (Wildman–Crippen LogP) is 3.38. The summed E-state index contributed by atoms with van der Waals surface area (Å²) >= 11 is 0. The monoisotopic (exact) mass is 337 g/mol. The minimum atomic E-state index is 0.0442. The van der Waals surface area contributed by atoms with E-state index in [-0.39, 0.29) is 11.9 Å². The number of amides is 1. The first kappa shape index (κ1) is 17.0. The molecule has 2 heterocycles. The van der Waals surface area contributed by atoms with Crippen molar-refractivity contribution in [3.8, 4) is 17.0 Å². The zero-order chi connectivity index (χ0) is 18.0. The van der Waals surface area contributed by atoms with E-state index >= 15 is 0 Å². The largest absolute Gasteiger partial charge is 0.492 e. The van der Waals surface area contributed by atoms with Crippen LogP contribution in [0.5, 0.6) is 5.75 Å². The van der Waals surface area contributed by atoms with Crippen molar-refractivity contribution in [1.29, 1.82) is 0 Å². The van der Waals surface area contributed by atoms with Crippen molar-refractivity contribution in [2.45, 2.75) is 19.9 Å². The van der Waals surface area contributed by atoms with Crippen LogP contribution in [0, 0.1) is 5.92 Å². The summed E-state index contributed by atoms with van der Waals surface area (Å²) in [6.07, 6.45) is 5.81. The number of nitrogens with two attached hydrogens (primary N) is 1. The molecule has 0 saturated carbocycles. The van der Waals surface area contributed by atoms with Gasteiger partial charge in [0.1, 0.15) is 5.69 Å². The highest BCUT2D eigenvalue weighted by Crippen LogP contribution is 2.32. The van der Waals surface area contributed by atoms with Crippen LogP contribution in [0.3, 0.4) is 0 Å². The van der Waals surface area contributed by atoms with E-state index in [9.17, 15) is 4.79 Å². The average molecular weight is 337 g/mol. The third-order valence-corrected chi connectivity index (χ3v) is 4.48. The third-order valence-electron chi connectivity index (χ3n) is 4.48. The number of carbonyl (C=O) groups excluding carboxylic acids is 1. The number of nitrogens with zero attached hydrogens (tertiary/aromatic N) is 2. The molecular weight excluding hydrogens is 314 g/mol. The van der Waals surface area contributed by atoms with Gasteiger partial charge >= 0.3 is 0 Å². The number of nitrogen functional groups attached to an aromatic ring is 1. The van der Waals surface area contributed by atoms with Crippen molar-refractivity contribution in [2.24, 2.45) is 5.92 Å². The lowest BCUT2D eigenvalue weighted by molar-refractivity contribution is 0.0720. The Hall–Kier alpha value is -2.82. The van der Waals surface area contributed by atoms with Crippen LogP contribution in [-0.4, -0.2) is 35.5 Å². The predicted molar refractivity (Wildman–Crippen MR) is 99.4 cm³/mol. The molecule has 1 aromatic carbocycles. The summed E-state index contributed by atoms with van der Waals surface area (Å²) in [5, 5.41) is 0. The van der Waals surface area contributed by atoms with Crippen LogP contribution in [0.1, 0.15) is 24.2 Å². The van der Waals surface area contributed by atoms with E-state index in [1.165, 1.54) is 0 Å². The number of anilines is 1. The van der Waals surface area contributed by atoms with Gasteiger partial charge in [0.15, 0.2) is 5.75 Å². The van der Waals surface area contributed by atoms with Gasteiger partial charge in [-0.25, -0.2) is 0 Å². The molecule has 0 aliphatic carbocycles. The van der Waals surface area contributed by atoms with Gasteiger partial charge < -0.3 is 15.4 Å². The molecule has 1 atom stereocenters. The molecular formula is C20H23N3O2. The number of aromatic nitrogens is 1. The van der Waals surface area contributed by atoms with E-state index in [1.54, 1.807) is 19.4 Å². The summed E-state index contributed by atoms with van der Waals surface area (Å²) in [5.74, 6) is 0.982. The summed E-state index contributed by atoms with van der Waals surface area (Å²) < 4.78 is 5.36. The molecule has 5 heteroatoms. The van der Waals surface area contributed by atoms with Crippen molar-refractivity contribution in [2.75, 3.05) is 19.4 Å². The molecule has 1 amide bonds. The molecule has 1 aliphatic rings. The molecule has 5 nitrogen and oxygen atoms in total. The molecule has 1 aromatic heterocycles. The van der Waals surface area contributed by atoms with Gasteiger partial charge in [0.2, 0.25) is 0 Å². The van der Waals surface area contributed by atoms with Crippen LogP contribution < -0.4 is 10.5 Å². The Bertz CT molecular complexity index is 797. The number of rotatable bonds is 4. The summed E-state index contributed by atoms with van der Waals surface area (Å²) in [6.45, 7) is 4.91. The second-order valence-electron chi connectivity index (χ2n) is 6.48. The highest BCUT2D eigenvalue weighted by atomic mass is 16.5. The number of methoxy groups -OCH3 is 1. The lowest BCUT2D eigenvalue weighted by Gasteiger charge is -2.27. The van der Waals surface area contributed by atoms with Gasteiger partial charge in [0.05, 0.1) is 18.8 Å². The zero-order valence-electron chi connectivity index (χ0n) is 14.8.